The molecule has 3 N–H and O–H groups in total. The van der Waals surface area contributed by atoms with E-state index in [1.807, 2.05) is 30.5 Å². The summed E-state index contributed by atoms with van der Waals surface area (Å²) < 4.78 is 32.2. The minimum atomic E-state index is -3.97. The number of nitrogens with zero attached hydrogens (tertiary/aromatic N) is 5. The van der Waals surface area contributed by atoms with Crippen molar-refractivity contribution in [1.82, 2.24) is 20.0 Å². The van der Waals surface area contributed by atoms with E-state index in [4.69, 9.17) is 14.9 Å². The molecule has 4 heterocycles. The zero-order chi connectivity index (χ0) is 27.5. The predicted octanol–water partition coefficient (Wildman–Crippen LogP) is 3.63. The van der Waals surface area contributed by atoms with Crippen molar-refractivity contribution in [1.29, 1.82) is 0 Å². The van der Waals surface area contributed by atoms with E-state index < -0.39 is 21.9 Å². The molecular weight excluding hydrogens is 528 g/mol. The Morgan fingerprint density at radius 1 is 0.975 bits per heavy atom. The number of benzene rings is 1. The molecule has 2 saturated carbocycles. The Labute approximate surface area is 234 Å². The number of ether oxygens (including phenoxy) is 1. The predicted molar refractivity (Wildman–Crippen MR) is 151 cm³/mol. The monoisotopic (exact) mass is 564 g/mol. The lowest BCUT2D eigenvalue weighted by Gasteiger charge is -2.35. The molecule has 0 amide bonds. The summed E-state index contributed by atoms with van der Waals surface area (Å²) in [5.41, 5.74) is 5.10. The molecule has 1 saturated heterocycles. The summed E-state index contributed by atoms with van der Waals surface area (Å²) in [5.74, 6) is 0.878. The Hall–Kier alpha value is -3.02. The van der Waals surface area contributed by atoms with E-state index in [9.17, 15) is 13.5 Å². The van der Waals surface area contributed by atoms with Crippen LogP contribution in [0.4, 0.5) is 5.69 Å². The van der Waals surface area contributed by atoms with Crippen LogP contribution in [0.5, 0.6) is 5.75 Å². The Bertz CT molecular complexity index is 1530. The van der Waals surface area contributed by atoms with Gasteiger partial charge in [-0.2, -0.15) is 0 Å². The van der Waals surface area contributed by atoms with Gasteiger partial charge in [0.1, 0.15) is 16.7 Å². The third kappa shape index (κ3) is 4.48. The van der Waals surface area contributed by atoms with E-state index in [2.05, 4.69) is 15.2 Å². The van der Waals surface area contributed by atoms with Gasteiger partial charge in [-0.25, -0.2) is 23.2 Å². The van der Waals surface area contributed by atoms with Crippen LogP contribution in [-0.4, -0.2) is 59.8 Å². The number of aliphatic hydroxyl groups excluding tert-OH is 1. The quantitative estimate of drug-likeness (QED) is 0.463. The van der Waals surface area contributed by atoms with E-state index in [1.165, 1.54) is 32.1 Å². The third-order valence-electron chi connectivity index (χ3n) is 9.73. The number of hydrogen-bond acceptors (Lipinski definition) is 8. The average molecular weight is 565 g/mol. The van der Waals surface area contributed by atoms with E-state index >= 15 is 0 Å². The fraction of sp³-hybridized carbons (Fsp3) is 0.552. The number of aromatic nitrogens is 4. The Kier molecular flexibility index (Phi) is 6.17. The summed E-state index contributed by atoms with van der Waals surface area (Å²) in [6, 6.07) is 9.33. The zero-order valence-corrected chi connectivity index (χ0v) is 23.4. The average Bonchev–Trinajstić information content (AvgIpc) is 3.37. The van der Waals surface area contributed by atoms with Gasteiger partial charge in [0.25, 0.3) is 0 Å². The van der Waals surface area contributed by atoms with Crippen LogP contribution in [0.1, 0.15) is 74.3 Å². The number of anilines is 1. The maximum atomic E-state index is 12.2. The van der Waals surface area contributed by atoms with Crippen LogP contribution in [0.25, 0.3) is 17.1 Å². The first kappa shape index (κ1) is 25.9. The molecule has 1 unspecified atom stereocenters. The highest BCUT2D eigenvalue weighted by Crippen LogP contribution is 2.54. The van der Waals surface area contributed by atoms with E-state index in [1.54, 1.807) is 10.7 Å². The molecule has 0 bridgehead atoms. The summed E-state index contributed by atoms with van der Waals surface area (Å²) in [7, 11) is -3.97. The van der Waals surface area contributed by atoms with Crippen LogP contribution < -0.4 is 14.8 Å². The van der Waals surface area contributed by atoms with Gasteiger partial charge in [-0.3, -0.25) is 0 Å². The molecule has 40 heavy (non-hydrogen) atoms. The molecule has 1 atom stereocenters. The molecule has 11 heteroatoms. The molecule has 1 aromatic carbocycles. The molecule has 3 fully saturated rings. The maximum Gasteiger partial charge on any atom is 0.218 e. The Morgan fingerprint density at radius 3 is 2.45 bits per heavy atom. The summed E-state index contributed by atoms with van der Waals surface area (Å²) in [6.45, 7) is 1.88. The van der Waals surface area contributed by atoms with Crippen molar-refractivity contribution >= 4 is 15.7 Å². The van der Waals surface area contributed by atoms with Crippen molar-refractivity contribution in [3.8, 4) is 22.8 Å². The van der Waals surface area contributed by atoms with E-state index in [0.717, 1.165) is 67.3 Å². The third-order valence-corrected chi connectivity index (χ3v) is 10.9. The SMILES string of the molecule is NS(=O)(=O)C(CO)c1ccc(-n2cc(-c3ccc4c(n3)C3(CCCCC3)CO4)nn2)c(N2CCC3(CC2)CC3)c1. The van der Waals surface area contributed by atoms with Crippen molar-refractivity contribution in [2.75, 3.05) is 31.2 Å². The number of fused-ring (bicyclic) bond motifs is 2. The van der Waals surface area contributed by atoms with Crippen LogP contribution in [0.3, 0.4) is 0 Å². The molecule has 4 aliphatic rings. The van der Waals surface area contributed by atoms with Crippen molar-refractivity contribution in [3.05, 3.63) is 47.8 Å². The standard InChI is InChI=1S/C29H36N6O4S/c30-40(37,38)26(18-36)20-4-6-23(24(16-20)34-14-12-28(10-11-28)13-15-34)35-17-22(32-33-35)21-5-7-25-27(31-21)29(19-39-25)8-2-1-3-9-29/h4-7,16-17,26,36H,1-3,8-15,18-19H2,(H2,30,37,38). The van der Waals surface area contributed by atoms with Gasteiger partial charge in [0, 0.05) is 13.1 Å². The minimum Gasteiger partial charge on any atom is -0.491 e. The van der Waals surface area contributed by atoms with Crippen LogP contribution in [0, 0.1) is 5.41 Å². The molecule has 2 spiro atoms. The van der Waals surface area contributed by atoms with Gasteiger partial charge in [-0.05, 0) is 73.8 Å². The molecule has 2 aliphatic carbocycles. The lowest BCUT2D eigenvalue weighted by Crippen LogP contribution is -2.35. The first-order valence-corrected chi connectivity index (χ1v) is 16.0. The second kappa shape index (κ2) is 9.53. The van der Waals surface area contributed by atoms with Gasteiger partial charge < -0.3 is 14.7 Å². The van der Waals surface area contributed by atoms with E-state index in [-0.39, 0.29) is 5.41 Å². The first-order valence-electron chi connectivity index (χ1n) is 14.4. The summed E-state index contributed by atoms with van der Waals surface area (Å²) in [6.07, 6.45) is 12.5. The van der Waals surface area contributed by atoms with Crippen LogP contribution in [0.2, 0.25) is 0 Å². The van der Waals surface area contributed by atoms with Crippen molar-refractivity contribution in [3.63, 3.8) is 0 Å². The summed E-state index contributed by atoms with van der Waals surface area (Å²) in [4.78, 5) is 7.35. The number of primary sulfonamides is 1. The fourth-order valence-corrected chi connectivity index (χ4v) is 7.70. The number of sulfonamides is 1. The van der Waals surface area contributed by atoms with Gasteiger partial charge in [0.15, 0.2) is 0 Å². The van der Waals surface area contributed by atoms with Gasteiger partial charge in [0.05, 0.1) is 47.6 Å². The first-order chi connectivity index (χ1) is 19.3. The van der Waals surface area contributed by atoms with Crippen LogP contribution >= 0.6 is 0 Å². The number of aliphatic hydroxyl groups is 1. The summed E-state index contributed by atoms with van der Waals surface area (Å²) >= 11 is 0. The number of piperidine rings is 1. The van der Waals surface area contributed by atoms with Gasteiger partial charge in [0.2, 0.25) is 10.0 Å². The Morgan fingerprint density at radius 2 is 1.75 bits per heavy atom. The van der Waals surface area contributed by atoms with Crippen molar-refractivity contribution in [2.24, 2.45) is 10.6 Å². The topological polar surface area (TPSA) is 136 Å². The largest absolute Gasteiger partial charge is 0.491 e. The molecule has 212 valence electrons. The second-order valence-electron chi connectivity index (χ2n) is 12.2. The Balaban J connectivity index is 1.24. The normalized spacial score (nSPS) is 21.8. The highest BCUT2D eigenvalue weighted by atomic mass is 32.2. The number of hydrogen-bond donors (Lipinski definition) is 2. The molecule has 10 nitrogen and oxygen atoms in total. The highest BCUT2D eigenvalue weighted by molar-refractivity contribution is 7.89. The molecule has 0 radical (unpaired) electrons. The lowest BCUT2D eigenvalue weighted by molar-refractivity contribution is 0.210. The lowest BCUT2D eigenvalue weighted by atomic mass is 9.73. The summed E-state index contributed by atoms with van der Waals surface area (Å²) in [5, 5.41) is 23.1. The van der Waals surface area contributed by atoms with Gasteiger partial charge in [-0.15, -0.1) is 5.10 Å². The fourth-order valence-electron chi connectivity index (χ4n) is 6.96. The van der Waals surface area contributed by atoms with E-state index in [0.29, 0.717) is 23.3 Å². The number of rotatable bonds is 6. The molecule has 2 aromatic heterocycles. The molecule has 2 aliphatic heterocycles. The van der Waals surface area contributed by atoms with Crippen molar-refractivity contribution < 1.29 is 18.3 Å². The van der Waals surface area contributed by atoms with Gasteiger partial charge >= 0.3 is 0 Å². The second-order valence-corrected chi connectivity index (χ2v) is 14.0. The number of pyridine rings is 1. The molecular formula is C29H36N6O4S. The minimum absolute atomic E-state index is 0.00233. The zero-order valence-electron chi connectivity index (χ0n) is 22.6. The van der Waals surface area contributed by atoms with Crippen LogP contribution in [-0.2, 0) is 15.4 Å². The van der Waals surface area contributed by atoms with Gasteiger partial charge in [-0.1, -0.05) is 30.5 Å². The maximum absolute atomic E-state index is 12.2. The van der Waals surface area contributed by atoms with Crippen molar-refractivity contribution in [2.45, 2.75) is 68.5 Å². The highest BCUT2D eigenvalue weighted by Gasteiger charge is 2.45. The molecule has 7 rings (SSSR count). The molecule has 3 aromatic rings. The number of nitrogens with two attached hydrogens (primary N) is 1. The smallest absolute Gasteiger partial charge is 0.218 e. The van der Waals surface area contributed by atoms with Crippen LogP contribution in [0.15, 0.2) is 36.5 Å².